The van der Waals surface area contributed by atoms with Gasteiger partial charge in [-0.1, -0.05) is 61.5 Å². The molecule has 3 aromatic carbocycles. The summed E-state index contributed by atoms with van der Waals surface area (Å²) in [5.41, 5.74) is 0. The van der Waals surface area contributed by atoms with Crippen molar-refractivity contribution in [1.82, 2.24) is 9.80 Å². The molecule has 1 heterocycles. The number of amides is 4. The molecule has 40 heavy (non-hydrogen) atoms. The Kier molecular flexibility index (Phi) is 8.65. The number of nitrogens with zero attached hydrogens (tertiary/aromatic N) is 2. The molecule has 1 atom stereocenters. The third-order valence-corrected chi connectivity index (χ3v) is 10.9. The molecule has 0 saturated carbocycles. The van der Waals surface area contributed by atoms with E-state index in [9.17, 15) is 24.3 Å². The third-order valence-electron chi connectivity index (χ3n) is 6.50. The number of hydrogen-bond acceptors (Lipinski definition) is 7. The van der Waals surface area contributed by atoms with Gasteiger partial charge in [0.25, 0.3) is 0 Å². The highest BCUT2D eigenvalue weighted by molar-refractivity contribution is 7.99. The van der Waals surface area contributed by atoms with E-state index < -0.39 is 43.1 Å². The first kappa shape index (κ1) is 28.5. The maximum absolute atomic E-state index is 14.2. The molecule has 0 bridgehead atoms. The Bertz CT molecular complexity index is 1330. The molecule has 0 N–H and O–H groups in total. The molecule has 1 aliphatic heterocycles. The van der Waals surface area contributed by atoms with E-state index in [1.807, 2.05) is 91.0 Å². The molecular weight excluding hydrogens is 531 g/mol. The van der Waals surface area contributed by atoms with Crippen LogP contribution in [0.2, 0.25) is 0 Å². The Hall–Kier alpha value is -4.49. The Labute approximate surface area is 233 Å². The maximum Gasteiger partial charge on any atom is 0.337 e. The van der Waals surface area contributed by atoms with E-state index in [1.165, 1.54) is 0 Å². The minimum Gasteiger partial charge on any atom is -0.611 e. The van der Waals surface area contributed by atoms with Crippen molar-refractivity contribution in [2.45, 2.75) is 19.9 Å². The lowest BCUT2D eigenvalue weighted by Gasteiger charge is -2.36. The summed E-state index contributed by atoms with van der Waals surface area (Å²) in [6, 6.07) is 24.4. The second-order valence-electron chi connectivity index (χ2n) is 8.76. The molecule has 0 radical (unpaired) electrons. The van der Waals surface area contributed by atoms with Crippen molar-refractivity contribution in [3.63, 3.8) is 0 Å². The molecule has 1 saturated heterocycles. The number of esters is 1. The van der Waals surface area contributed by atoms with Crippen LogP contribution in [0.15, 0.2) is 102 Å². The van der Waals surface area contributed by atoms with Gasteiger partial charge in [-0.15, -0.1) is 0 Å². The average molecular weight is 561 g/mol. The smallest absolute Gasteiger partial charge is 0.337 e. The molecule has 9 nitrogen and oxygen atoms in total. The van der Waals surface area contributed by atoms with Crippen LogP contribution in [-0.4, -0.2) is 59.9 Å². The van der Waals surface area contributed by atoms with Gasteiger partial charge in [-0.05, 0) is 49.9 Å². The van der Waals surface area contributed by atoms with Crippen molar-refractivity contribution in [3.8, 4) is 0 Å². The lowest BCUT2D eigenvalue weighted by atomic mass is 10.2. The van der Waals surface area contributed by atoms with E-state index in [4.69, 9.17) is 9.47 Å². The fourth-order valence-corrected chi connectivity index (χ4v) is 9.34. The third kappa shape index (κ3) is 4.84. The molecular formula is C30H29N2O7P. The van der Waals surface area contributed by atoms with E-state index in [0.717, 1.165) is 7.05 Å². The largest absolute Gasteiger partial charge is 0.611 e. The van der Waals surface area contributed by atoms with Gasteiger partial charge < -0.3 is 14.6 Å². The summed E-state index contributed by atoms with van der Waals surface area (Å²) < 4.78 is 10.9. The minimum atomic E-state index is -3.36. The fraction of sp³-hybridized carbons (Fsp3) is 0.200. The van der Waals surface area contributed by atoms with Crippen LogP contribution in [-0.2, 0) is 23.9 Å². The van der Waals surface area contributed by atoms with E-state index >= 15 is 0 Å². The monoisotopic (exact) mass is 560 g/mol. The highest BCUT2D eigenvalue weighted by Crippen LogP contribution is 2.65. The zero-order chi connectivity index (χ0) is 28.9. The van der Waals surface area contributed by atoms with Crippen LogP contribution in [0.25, 0.3) is 0 Å². The van der Waals surface area contributed by atoms with E-state index in [0.29, 0.717) is 25.7 Å². The Morgan fingerprint density at radius 3 is 1.52 bits per heavy atom. The lowest BCUT2D eigenvalue weighted by molar-refractivity contribution is -0.358. The van der Waals surface area contributed by atoms with Crippen LogP contribution >= 0.6 is 7.26 Å². The molecule has 0 spiro atoms. The van der Waals surface area contributed by atoms with Crippen LogP contribution < -0.4 is 21.0 Å². The van der Waals surface area contributed by atoms with E-state index in [-0.39, 0.29) is 18.5 Å². The number of imide groups is 2. The van der Waals surface area contributed by atoms with Gasteiger partial charge in [0.1, 0.15) is 28.5 Å². The summed E-state index contributed by atoms with van der Waals surface area (Å²) in [7, 11) is -2.22. The quantitative estimate of drug-likeness (QED) is 0.122. The van der Waals surface area contributed by atoms with Crippen molar-refractivity contribution in [2.24, 2.45) is 0 Å². The number of likely N-dealkylation sites (N-methyl/N-ethyl adjacent to an activating group) is 1. The first-order chi connectivity index (χ1) is 19.3. The number of benzene rings is 3. The molecule has 4 rings (SSSR count). The summed E-state index contributed by atoms with van der Waals surface area (Å²) in [6.07, 6.45) is 0. The van der Waals surface area contributed by atoms with E-state index in [2.05, 4.69) is 0 Å². The molecule has 206 valence electrons. The van der Waals surface area contributed by atoms with Crippen LogP contribution in [0.3, 0.4) is 0 Å². The number of carbonyl (C=O) groups excluding carboxylic acids is 4. The molecule has 1 aliphatic rings. The predicted octanol–water partition coefficient (Wildman–Crippen LogP) is 1.90. The SMILES string of the molecule is CCOC(=O)C(/C(=C(/[O-])OCC)[P+](c1ccccc1)(c1ccccc1)c1ccccc1)N1C(=O)C(=O)N(C)C1=O. The summed E-state index contributed by atoms with van der Waals surface area (Å²) in [5, 5.41) is 16.1. The zero-order valence-corrected chi connectivity index (χ0v) is 23.2. The highest BCUT2D eigenvalue weighted by atomic mass is 31.2. The molecule has 0 aliphatic carbocycles. The van der Waals surface area contributed by atoms with Gasteiger partial charge in [-0.2, -0.15) is 0 Å². The van der Waals surface area contributed by atoms with Crippen molar-refractivity contribution in [1.29, 1.82) is 0 Å². The van der Waals surface area contributed by atoms with Gasteiger partial charge in [0.15, 0.2) is 6.04 Å². The molecule has 1 fully saturated rings. The van der Waals surface area contributed by atoms with Crippen LogP contribution in [0, 0.1) is 0 Å². The van der Waals surface area contributed by atoms with Gasteiger partial charge >= 0.3 is 23.8 Å². The Balaban J connectivity index is 2.21. The number of urea groups is 1. The molecule has 3 aromatic rings. The Morgan fingerprint density at radius 1 is 0.750 bits per heavy atom. The van der Waals surface area contributed by atoms with Crippen LogP contribution in [0.5, 0.6) is 0 Å². The number of carbonyl (C=O) groups is 4. The van der Waals surface area contributed by atoms with E-state index in [1.54, 1.807) is 13.8 Å². The summed E-state index contributed by atoms with van der Waals surface area (Å²) in [5.74, 6) is -4.26. The highest BCUT2D eigenvalue weighted by Gasteiger charge is 2.60. The van der Waals surface area contributed by atoms with Crippen molar-refractivity contribution in [3.05, 3.63) is 102 Å². The average Bonchev–Trinajstić information content (AvgIpc) is 3.17. The summed E-state index contributed by atoms with van der Waals surface area (Å²) in [4.78, 5) is 54.2. The maximum atomic E-state index is 14.2. The predicted molar refractivity (Wildman–Crippen MR) is 149 cm³/mol. The Morgan fingerprint density at radius 2 is 1.18 bits per heavy atom. The standard InChI is InChI=1S/C30H29N2O7P/c1-4-38-28(35)24(32-27(34)26(33)31(3)30(32)37)25(29(36)39-5-2)40(21-15-9-6-10-16-21,22-17-11-7-12-18-22)23-19-13-8-14-20-23/h6-20,24H,4-5H2,1-3H3/b29-25+. The zero-order valence-electron chi connectivity index (χ0n) is 22.4. The normalized spacial score (nSPS) is 15.1. The molecule has 1 unspecified atom stereocenters. The van der Waals surface area contributed by atoms with Crippen molar-refractivity contribution < 1.29 is 33.8 Å². The molecule has 4 amide bonds. The number of hydrogen-bond donors (Lipinski definition) is 0. The van der Waals surface area contributed by atoms with Gasteiger partial charge in [0, 0.05) is 7.05 Å². The van der Waals surface area contributed by atoms with Crippen molar-refractivity contribution >= 4 is 47.0 Å². The minimum absolute atomic E-state index is 0.0447. The first-order valence-electron chi connectivity index (χ1n) is 12.7. The van der Waals surface area contributed by atoms with Gasteiger partial charge in [0.2, 0.25) is 0 Å². The van der Waals surface area contributed by atoms with Crippen molar-refractivity contribution in [2.75, 3.05) is 20.3 Å². The lowest BCUT2D eigenvalue weighted by Crippen LogP contribution is -2.51. The molecule has 10 heteroatoms. The van der Waals surface area contributed by atoms with Gasteiger partial charge in [-0.3, -0.25) is 14.5 Å². The second-order valence-corrected chi connectivity index (χ2v) is 12.1. The first-order valence-corrected chi connectivity index (χ1v) is 14.5. The second kappa shape index (κ2) is 12.1. The van der Waals surface area contributed by atoms with Crippen LogP contribution in [0.4, 0.5) is 4.79 Å². The number of rotatable bonds is 10. The van der Waals surface area contributed by atoms with Gasteiger partial charge in [0.05, 0.1) is 12.6 Å². The van der Waals surface area contributed by atoms with Crippen LogP contribution in [0.1, 0.15) is 13.8 Å². The number of ether oxygens (including phenoxy) is 2. The molecule has 0 aromatic heterocycles. The summed E-state index contributed by atoms with van der Waals surface area (Å²) >= 11 is 0. The fourth-order valence-electron chi connectivity index (χ4n) is 4.83. The topological polar surface area (TPSA) is 116 Å². The van der Waals surface area contributed by atoms with Gasteiger partial charge in [-0.25, -0.2) is 14.5 Å². The summed E-state index contributed by atoms with van der Waals surface area (Å²) in [6.45, 7) is 3.04.